The average Bonchev–Trinajstić information content (AvgIpc) is 2.59. The molecule has 0 aliphatic heterocycles. The van der Waals surface area contributed by atoms with Gasteiger partial charge < -0.3 is 9.47 Å². The molecule has 0 saturated heterocycles. The van der Waals surface area contributed by atoms with E-state index in [0.29, 0.717) is 4.60 Å². The van der Waals surface area contributed by atoms with E-state index in [0.717, 1.165) is 24.5 Å². The van der Waals surface area contributed by atoms with Gasteiger partial charge >= 0.3 is 12.7 Å². The number of alkyl halides is 6. The van der Waals surface area contributed by atoms with Crippen molar-refractivity contribution < 1.29 is 35.8 Å². The van der Waals surface area contributed by atoms with Gasteiger partial charge in [0.15, 0.2) is 0 Å². The number of ether oxygens (including phenoxy) is 2. The van der Waals surface area contributed by atoms with Crippen LogP contribution in [-0.4, -0.2) is 27.7 Å². The summed E-state index contributed by atoms with van der Waals surface area (Å²) in [7, 11) is 0. The van der Waals surface area contributed by atoms with Crippen LogP contribution in [0.5, 0.6) is 11.6 Å². The first-order valence-electron chi connectivity index (χ1n) is 7.52. The van der Waals surface area contributed by atoms with E-state index in [4.69, 9.17) is 0 Å². The average molecular weight is 479 g/mol. The van der Waals surface area contributed by atoms with Gasteiger partial charge in [0.25, 0.3) is 0 Å². The molecule has 0 N–H and O–H groups in total. The van der Waals surface area contributed by atoms with Crippen LogP contribution in [0.3, 0.4) is 0 Å². The van der Waals surface area contributed by atoms with Crippen LogP contribution in [0.4, 0.5) is 26.3 Å². The normalized spacial score (nSPS) is 12.0. The SMILES string of the molecule is FC(F)(F)Oc1ccnc(-c2[c]c(-c3ccnc(Br)c3)c(OC(F)(F)F)nc2)c1. The summed E-state index contributed by atoms with van der Waals surface area (Å²) < 4.78 is 83.5. The maximum Gasteiger partial charge on any atom is 0.574 e. The highest BCUT2D eigenvalue weighted by atomic mass is 79.9. The first-order chi connectivity index (χ1) is 13.5. The molecule has 151 valence electrons. The Morgan fingerprint density at radius 2 is 1.55 bits per heavy atom. The van der Waals surface area contributed by atoms with Gasteiger partial charge in [-0.05, 0) is 39.7 Å². The van der Waals surface area contributed by atoms with E-state index < -0.39 is 24.4 Å². The minimum atomic E-state index is -5.01. The Labute approximate surface area is 167 Å². The zero-order valence-corrected chi connectivity index (χ0v) is 15.4. The number of halogens is 7. The van der Waals surface area contributed by atoms with Gasteiger partial charge in [-0.15, -0.1) is 26.3 Å². The topological polar surface area (TPSA) is 57.1 Å². The third-order valence-electron chi connectivity index (χ3n) is 3.25. The van der Waals surface area contributed by atoms with E-state index in [2.05, 4.69) is 46.4 Å². The lowest BCUT2D eigenvalue weighted by Crippen LogP contribution is -2.18. The summed E-state index contributed by atoms with van der Waals surface area (Å²) in [6.07, 6.45) is -6.61. The van der Waals surface area contributed by atoms with Gasteiger partial charge in [-0.2, -0.15) is 0 Å². The van der Waals surface area contributed by atoms with Gasteiger partial charge in [-0.25, -0.2) is 9.97 Å². The highest BCUT2D eigenvalue weighted by Gasteiger charge is 2.34. The Balaban J connectivity index is 2.08. The predicted octanol–water partition coefficient (Wildman–Crippen LogP) is 5.57. The van der Waals surface area contributed by atoms with Crippen LogP contribution in [0.2, 0.25) is 0 Å². The van der Waals surface area contributed by atoms with E-state index in [1.807, 2.05) is 0 Å². The number of pyridine rings is 3. The summed E-state index contributed by atoms with van der Waals surface area (Å²) in [6.45, 7) is 0. The van der Waals surface area contributed by atoms with Crippen LogP contribution in [0.25, 0.3) is 22.4 Å². The summed E-state index contributed by atoms with van der Waals surface area (Å²) >= 11 is 3.10. The standard InChI is InChI=1S/C17H7BrF6N3O2/c18-14-6-9(1-3-26-14)12-5-10(8-27-15(12)29-17(22,23)24)13-7-11(2-4-25-13)28-16(19,20)21/h1-4,6-8H. The molecule has 29 heavy (non-hydrogen) atoms. The molecule has 3 rings (SSSR count). The highest BCUT2D eigenvalue weighted by Crippen LogP contribution is 2.35. The smallest absolute Gasteiger partial charge is 0.406 e. The fourth-order valence-corrected chi connectivity index (χ4v) is 2.60. The van der Waals surface area contributed by atoms with Crippen LogP contribution in [0.1, 0.15) is 0 Å². The first kappa shape index (κ1) is 20.8. The molecule has 5 nitrogen and oxygen atoms in total. The molecular formula is C17H7BrF6N3O2. The maximum atomic E-state index is 12.7. The second kappa shape index (κ2) is 7.85. The number of aromatic nitrogens is 3. The van der Waals surface area contributed by atoms with Crippen molar-refractivity contribution in [2.24, 2.45) is 0 Å². The largest absolute Gasteiger partial charge is 0.574 e. The third-order valence-corrected chi connectivity index (χ3v) is 3.69. The van der Waals surface area contributed by atoms with Gasteiger partial charge in [0.05, 0.1) is 11.3 Å². The van der Waals surface area contributed by atoms with E-state index in [-0.39, 0.29) is 22.4 Å². The molecule has 12 heteroatoms. The van der Waals surface area contributed by atoms with Gasteiger partial charge in [0, 0.05) is 36.3 Å². The summed E-state index contributed by atoms with van der Waals surface area (Å²) in [5, 5.41) is 0. The fourth-order valence-electron chi connectivity index (χ4n) is 2.23. The zero-order chi connectivity index (χ0) is 21.2. The van der Waals surface area contributed by atoms with Gasteiger partial charge in [-0.3, -0.25) is 4.98 Å². The fraction of sp³-hybridized carbons (Fsp3) is 0.118. The van der Waals surface area contributed by atoms with Gasteiger partial charge in [0.2, 0.25) is 5.88 Å². The molecule has 0 amide bonds. The van der Waals surface area contributed by atoms with E-state index in [1.165, 1.54) is 18.3 Å². The Hall–Kier alpha value is -2.89. The second-order valence-electron chi connectivity index (χ2n) is 5.32. The van der Waals surface area contributed by atoms with Crippen LogP contribution in [-0.2, 0) is 0 Å². The molecule has 0 unspecified atom stereocenters. The van der Waals surface area contributed by atoms with Crippen molar-refractivity contribution in [1.82, 2.24) is 15.0 Å². The summed E-state index contributed by atoms with van der Waals surface area (Å²) in [5.41, 5.74) is 0.0114. The quantitative estimate of drug-likeness (QED) is 0.362. The molecule has 3 aromatic rings. The van der Waals surface area contributed by atoms with Crippen LogP contribution in [0.15, 0.2) is 47.5 Å². The number of hydrogen-bond donors (Lipinski definition) is 0. The minimum absolute atomic E-state index is 0.0232. The summed E-state index contributed by atoms with van der Waals surface area (Å²) in [5.74, 6) is -1.35. The Kier molecular flexibility index (Phi) is 5.64. The summed E-state index contributed by atoms with van der Waals surface area (Å²) in [4.78, 5) is 11.4. The van der Waals surface area contributed by atoms with Crippen LogP contribution in [0, 0.1) is 6.07 Å². The Morgan fingerprint density at radius 1 is 0.862 bits per heavy atom. The van der Waals surface area contributed by atoms with Crippen molar-refractivity contribution in [3.8, 4) is 34.0 Å². The van der Waals surface area contributed by atoms with E-state index in [9.17, 15) is 26.3 Å². The molecule has 0 bridgehead atoms. The molecule has 3 aromatic heterocycles. The Bertz CT molecular complexity index is 1030. The molecule has 0 aliphatic carbocycles. The lowest BCUT2D eigenvalue weighted by Gasteiger charge is -2.14. The van der Waals surface area contributed by atoms with Gasteiger partial charge in [0.1, 0.15) is 10.4 Å². The minimum Gasteiger partial charge on any atom is -0.406 e. The monoisotopic (exact) mass is 478 g/mol. The summed E-state index contributed by atoms with van der Waals surface area (Å²) in [6, 6.07) is 7.38. The Morgan fingerprint density at radius 3 is 2.21 bits per heavy atom. The van der Waals surface area contributed by atoms with E-state index >= 15 is 0 Å². The molecule has 0 spiro atoms. The highest BCUT2D eigenvalue weighted by molar-refractivity contribution is 9.10. The lowest BCUT2D eigenvalue weighted by molar-refractivity contribution is -0.276. The third kappa shape index (κ3) is 5.79. The van der Waals surface area contributed by atoms with Crippen molar-refractivity contribution in [1.29, 1.82) is 0 Å². The molecule has 0 aliphatic rings. The molecule has 0 atom stereocenters. The van der Waals surface area contributed by atoms with Crippen molar-refractivity contribution >= 4 is 15.9 Å². The molecule has 3 heterocycles. The lowest BCUT2D eigenvalue weighted by atomic mass is 10.0. The molecule has 0 fully saturated rings. The van der Waals surface area contributed by atoms with Crippen LogP contribution >= 0.6 is 15.9 Å². The molecule has 1 radical (unpaired) electrons. The van der Waals surface area contributed by atoms with Crippen molar-refractivity contribution in [3.05, 3.63) is 53.5 Å². The number of nitrogens with zero attached hydrogens (tertiary/aromatic N) is 3. The van der Waals surface area contributed by atoms with Crippen molar-refractivity contribution in [2.75, 3.05) is 0 Å². The molecule has 0 aromatic carbocycles. The van der Waals surface area contributed by atoms with Crippen molar-refractivity contribution in [2.45, 2.75) is 12.7 Å². The number of hydrogen-bond acceptors (Lipinski definition) is 5. The predicted molar refractivity (Wildman–Crippen MR) is 90.6 cm³/mol. The molecular weight excluding hydrogens is 472 g/mol. The van der Waals surface area contributed by atoms with Crippen LogP contribution < -0.4 is 9.47 Å². The maximum absolute atomic E-state index is 12.7. The van der Waals surface area contributed by atoms with Crippen molar-refractivity contribution in [3.63, 3.8) is 0 Å². The zero-order valence-electron chi connectivity index (χ0n) is 13.8. The second-order valence-corrected chi connectivity index (χ2v) is 6.13. The molecule has 0 saturated carbocycles. The first-order valence-corrected chi connectivity index (χ1v) is 8.32. The van der Waals surface area contributed by atoms with E-state index in [1.54, 1.807) is 0 Å². The number of rotatable bonds is 4. The van der Waals surface area contributed by atoms with Gasteiger partial charge in [-0.1, -0.05) is 0 Å².